The van der Waals surface area contributed by atoms with Crippen LogP contribution >= 0.6 is 11.8 Å². The average molecular weight is 221 g/mol. The molecule has 0 aliphatic carbocycles. The Hall–Kier alpha value is -0.800. The predicted octanol–water partition coefficient (Wildman–Crippen LogP) is 2.13. The Bertz CT molecular complexity index is 389. The molecule has 1 aromatic rings. The summed E-state index contributed by atoms with van der Waals surface area (Å²) in [6, 6.07) is 5.96. The molecule has 0 saturated carbocycles. The second-order valence-electron chi connectivity index (χ2n) is 3.80. The molecule has 1 aromatic carbocycles. The molecule has 1 atom stereocenters. The highest BCUT2D eigenvalue weighted by atomic mass is 32.2. The molecule has 1 heterocycles. The zero-order valence-corrected chi connectivity index (χ0v) is 9.86. The van der Waals surface area contributed by atoms with Gasteiger partial charge < -0.3 is 5.32 Å². The van der Waals surface area contributed by atoms with E-state index in [-0.39, 0.29) is 11.8 Å². The summed E-state index contributed by atoms with van der Waals surface area (Å²) in [7, 11) is 1.81. The summed E-state index contributed by atoms with van der Waals surface area (Å²) < 4.78 is 0. The summed E-state index contributed by atoms with van der Waals surface area (Å²) in [6.45, 7) is 1.89. The number of Topliss-reactive ketones (excluding diaryl/α,β-unsaturated/α-hetero) is 1. The van der Waals surface area contributed by atoms with Crippen molar-refractivity contribution >= 4 is 17.5 Å². The van der Waals surface area contributed by atoms with Crippen LogP contribution in [0.15, 0.2) is 23.1 Å². The van der Waals surface area contributed by atoms with Crippen LogP contribution in [0.3, 0.4) is 0 Å². The van der Waals surface area contributed by atoms with E-state index in [4.69, 9.17) is 0 Å². The van der Waals surface area contributed by atoms with Crippen molar-refractivity contribution in [3.8, 4) is 0 Å². The van der Waals surface area contributed by atoms with Gasteiger partial charge in [0.05, 0.1) is 6.04 Å². The fourth-order valence-electron chi connectivity index (χ4n) is 1.72. The van der Waals surface area contributed by atoms with Gasteiger partial charge in [0, 0.05) is 16.2 Å². The minimum absolute atomic E-state index is 0.0999. The van der Waals surface area contributed by atoms with Crippen LogP contribution < -0.4 is 5.32 Å². The Morgan fingerprint density at radius 2 is 2.33 bits per heavy atom. The van der Waals surface area contributed by atoms with Gasteiger partial charge in [0.15, 0.2) is 5.78 Å². The molecule has 1 aliphatic rings. The highest BCUT2D eigenvalue weighted by Crippen LogP contribution is 2.31. The minimum atomic E-state index is -0.0999. The Balaban J connectivity index is 2.26. The summed E-state index contributed by atoms with van der Waals surface area (Å²) in [5.41, 5.74) is 2.16. The molecule has 2 nitrogen and oxygen atoms in total. The quantitative estimate of drug-likeness (QED) is 0.793. The number of hydrogen-bond acceptors (Lipinski definition) is 3. The average Bonchev–Trinajstić information content (AvgIpc) is 2.73. The third-order valence-electron chi connectivity index (χ3n) is 2.80. The zero-order valence-electron chi connectivity index (χ0n) is 9.04. The lowest BCUT2D eigenvalue weighted by molar-refractivity contribution is 0.0955. The van der Waals surface area contributed by atoms with Crippen molar-refractivity contribution in [1.29, 1.82) is 0 Å². The number of thioether (sulfide) groups is 1. The topological polar surface area (TPSA) is 29.1 Å². The summed E-state index contributed by atoms with van der Waals surface area (Å²) in [4.78, 5) is 13.2. The first-order valence-corrected chi connectivity index (χ1v) is 6.18. The van der Waals surface area contributed by atoms with Gasteiger partial charge in [-0.25, -0.2) is 0 Å². The molecule has 0 fully saturated rings. The van der Waals surface area contributed by atoms with Crippen LogP contribution in [0.1, 0.15) is 22.8 Å². The molecule has 15 heavy (non-hydrogen) atoms. The molecule has 0 aromatic heterocycles. The van der Waals surface area contributed by atoms with Crippen molar-refractivity contribution in [3.05, 3.63) is 29.3 Å². The first-order chi connectivity index (χ1) is 7.22. The van der Waals surface area contributed by atoms with E-state index in [1.165, 1.54) is 10.5 Å². The van der Waals surface area contributed by atoms with Crippen LogP contribution in [0.25, 0.3) is 0 Å². The molecule has 0 amide bonds. The van der Waals surface area contributed by atoms with Gasteiger partial charge in [0.2, 0.25) is 0 Å². The molecular weight excluding hydrogens is 206 g/mol. The normalized spacial score (nSPS) is 16.1. The fraction of sp³-hybridized carbons (Fsp3) is 0.417. The number of ketones is 1. The second kappa shape index (κ2) is 4.37. The predicted molar refractivity (Wildman–Crippen MR) is 63.7 cm³/mol. The van der Waals surface area contributed by atoms with E-state index in [9.17, 15) is 4.79 Å². The highest BCUT2D eigenvalue weighted by molar-refractivity contribution is 7.99. The molecule has 0 bridgehead atoms. The first kappa shape index (κ1) is 10.7. The molecule has 0 radical (unpaired) electrons. The van der Waals surface area contributed by atoms with Gasteiger partial charge in [0.1, 0.15) is 0 Å². The maximum atomic E-state index is 11.9. The maximum Gasteiger partial charge on any atom is 0.179 e. The molecule has 2 rings (SSSR count). The minimum Gasteiger partial charge on any atom is -0.310 e. The number of fused-ring (bicyclic) bond motifs is 1. The summed E-state index contributed by atoms with van der Waals surface area (Å²) in [5, 5.41) is 2.98. The Kier molecular flexibility index (Phi) is 3.12. The number of carbonyl (C=O) groups is 1. The summed E-state index contributed by atoms with van der Waals surface area (Å²) in [5.74, 6) is 1.33. The molecule has 0 saturated heterocycles. The third kappa shape index (κ3) is 2.08. The molecule has 0 spiro atoms. The van der Waals surface area contributed by atoms with E-state index in [1.807, 2.05) is 37.9 Å². The molecule has 1 aliphatic heterocycles. The smallest absolute Gasteiger partial charge is 0.179 e. The van der Waals surface area contributed by atoms with Gasteiger partial charge in [0.25, 0.3) is 0 Å². The summed E-state index contributed by atoms with van der Waals surface area (Å²) in [6.07, 6.45) is 1.09. The van der Waals surface area contributed by atoms with Crippen LogP contribution in [0.2, 0.25) is 0 Å². The molecule has 1 N–H and O–H groups in total. The van der Waals surface area contributed by atoms with E-state index in [0.29, 0.717) is 0 Å². The Labute approximate surface area is 94.4 Å². The van der Waals surface area contributed by atoms with E-state index >= 15 is 0 Å². The SMILES string of the molecule is CNC(C)C(=O)c1ccc2c(c1)CCS2. The number of carbonyl (C=O) groups excluding carboxylic acids is 1. The first-order valence-electron chi connectivity index (χ1n) is 5.19. The standard InChI is InChI=1S/C12H15NOS/c1-8(13-2)12(14)10-3-4-11-9(7-10)5-6-15-11/h3-4,7-8,13H,5-6H2,1-2H3. The Morgan fingerprint density at radius 3 is 3.07 bits per heavy atom. The van der Waals surface area contributed by atoms with Gasteiger partial charge in [-0.1, -0.05) is 6.07 Å². The second-order valence-corrected chi connectivity index (χ2v) is 4.93. The van der Waals surface area contributed by atoms with Gasteiger partial charge >= 0.3 is 0 Å². The summed E-state index contributed by atoms with van der Waals surface area (Å²) >= 11 is 1.88. The van der Waals surface area contributed by atoms with Crippen LogP contribution in [0.4, 0.5) is 0 Å². The van der Waals surface area contributed by atoms with Crippen molar-refractivity contribution < 1.29 is 4.79 Å². The van der Waals surface area contributed by atoms with Crippen molar-refractivity contribution in [2.45, 2.75) is 24.3 Å². The lowest BCUT2D eigenvalue weighted by atomic mass is 10.0. The molecule has 3 heteroatoms. The van der Waals surface area contributed by atoms with E-state index in [1.54, 1.807) is 0 Å². The fourth-order valence-corrected chi connectivity index (χ4v) is 2.77. The van der Waals surface area contributed by atoms with Crippen LogP contribution in [0, 0.1) is 0 Å². The van der Waals surface area contributed by atoms with Crippen molar-refractivity contribution in [2.24, 2.45) is 0 Å². The van der Waals surface area contributed by atoms with Gasteiger partial charge in [-0.2, -0.15) is 0 Å². The number of nitrogens with one attached hydrogen (secondary N) is 1. The largest absolute Gasteiger partial charge is 0.310 e. The van der Waals surface area contributed by atoms with Crippen LogP contribution in [-0.4, -0.2) is 24.6 Å². The maximum absolute atomic E-state index is 11.9. The van der Waals surface area contributed by atoms with E-state index in [2.05, 4.69) is 11.4 Å². The number of rotatable bonds is 3. The van der Waals surface area contributed by atoms with Crippen molar-refractivity contribution in [3.63, 3.8) is 0 Å². The number of benzene rings is 1. The van der Waals surface area contributed by atoms with Crippen LogP contribution in [-0.2, 0) is 6.42 Å². The molecule has 80 valence electrons. The van der Waals surface area contributed by atoms with Crippen molar-refractivity contribution in [2.75, 3.05) is 12.8 Å². The van der Waals surface area contributed by atoms with Crippen LogP contribution in [0.5, 0.6) is 0 Å². The van der Waals surface area contributed by atoms with Gasteiger partial charge in [-0.3, -0.25) is 4.79 Å². The third-order valence-corrected chi connectivity index (χ3v) is 3.92. The molecular formula is C12H15NOS. The molecule has 1 unspecified atom stereocenters. The Morgan fingerprint density at radius 1 is 1.53 bits per heavy atom. The number of hydrogen-bond donors (Lipinski definition) is 1. The van der Waals surface area contributed by atoms with E-state index in [0.717, 1.165) is 17.7 Å². The lowest BCUT2D eigenvalue weighted by Crippen LogP contribution is -2.30. The number of likely N-dealkylation sites (N-methyl/N-ethyl adjacent to an activating group) is 1. The van der Waals surface area contributed by atoms with Crippen molar-refractivity contribution in [1.82, 2.24) is 5.32 Å². The van der Waals surface area contributed by atoms with E-state index < -0.39 is 0 Å². The highest BCUT2D eigenvalue weighted by Gasteiger charge is 2.17. The van der Waals surface area contributed by atoms with Gasteiger partial charge in [-0.15, -0.1) is 11.8 Å². The lowest BCUT2D eigenvalue weighted by Gasteiger charge is -2.09. The van der Waals surface area contributed by atoms with Gasteiger partial charge in [-0.05, 0) is 38.1 Å². The number of aryl methyl sites for hydroxylation is 1. The monoisotopic (exact) mass is 221 g/mol. The zero-order chi connectivity index (χ0) is 10.8.